The SMILES string of the molecule is COc1cc([C@@H]2c3sc(=O)n(CC(=O)N4CCOCC4)c3SC3C(=O)N(c4ccc(C)cc4)C(=O)C32)ccc1O. The number of fused-ring (bicyclic) bond motifs is 2. The number of ether oxygens (including phenoxy) is 2. The number of nitrogens with zero attached hydrogens (tertiary/aromatic N) is 3. The van der Waals surface area contributed by atoms with Gasteiger partial charge in [0.1, 0.15) is 11.8 Å². The highest BCUT2D eigenvalue weighted by Gasteiger charge is 2.57. The van der Waals surface area contributed by atoms with Crippen LogP contribution in [-0.4, -0.2) is 71.0 Å². The molecule has 3 atom stereocenters. The van der Waals surface area contributed by atoms with Crippen LogP contribution in [0.4, 0.5) is 5.69 Å². The van der Waals surface area contributed by atoms with Crippen LogP contribution in [0.15, 0.2) is 52.3 Å². The first-order valence-electron chi connectivity index (χ1n) is 12.9. The van der Waals surface area contributed by atoms with Gasteiger partial charge in [-0.05, 0) is 36.8 Å². The summed E-state index contributed by atoms with van der Waals surface area (Å²) < 4.78 is 12.1. The number of aromatic nitrogens is 1. The highest BCUT2D eigenvalue weighted by Crippen LogP contribution is 2.54. The van der Waals surface area contributed by atoms with Crippen LogP contribution in [0.1, 0.15) is 21.9 Å². The Hall–Kier alpha value is -3.61. The van der Waals surface area contributed by atoms with E-state index in [1.54, 1.807) is 29.2 Å². The third-order valence-corrected chi connectivity index (χ3v) is 10.2. The number of phenolic OH excluding ortho intramolecular Hbond substituents is 1. The average Bonchev–Trinajstić information content (AvgIpc) is 3.40. The summed E-state index contributed by atoms with van der Waals surface area (Å²) in [6.45, 7) is 3.55. The molecule has 1 aromatic heterocycles. The molecule has 2 fully saturated rings. The Morgan fingerprint density at radius 1 is 1.07 bits per heavy atom. The van der Waals surface area contributed by atoms with E-state index in [0.29, 0.717) is 47.5 Å². The lowest BCUT2D eigenvalue weighted by molar-refractivity contribution is -0.136. The summed E-state index contributed by atoms with van der Waals surface area (Å²) in [6, 6.07) is 12.0. The summed E-state index contributed by atoms with van der Waals surface area (Å²) in [5, 5.41) is 9.95. The number of aryl methyl sites for hydroxylation is 1. The van der Waals surface area contributed by atoms with E-state index in [4.69, 9.17) is 9.47 Å². The lowest BCUT2D eigenvalue weighted by atomic mass is 9.83. The Morgan fingerprint density at radius 3 is 2.50 bits per heavy atom. The van der Waals surface area contributed by atoms with E-state index in [2.05, 4.69) is 0 Å². The summed E-state index contributed by atoms with van der Waals surface area (Å²) in [5.74, 6) is -2.21. The number of phenols is 1. The third kappa shape index (κ3) is 4.40. The van der Waals surface area contributed by atoms with Crippen molar-refractivity contribution >= 4 is 46.5 Å². The normalized spacial score (nSPS) is 22.3. The number of thiazole rings is 1. The van der Waals surface area contributed by atoms with Gasteiger partial charge in [0.25, 0.3) is 0 Å². The molecule has 2 unspecified atom stereocenters. The summed E-state index contributed by atoms with van der Waals surface area (Å²) in [6.07, 6.45) is 0. The molecular formula is C28H27N3O7S2. The molecule has 3 aliphatic heterocycles. The van der Waals surface area contributed by atoms with Gasteiger partial charge in [-0.2, -0.15) is 0 Å². The van der Waals surface area contributed by atoms with Crippen molar-refractivity contribution in [2.75, 3.05) is 38.3 Å². The van der Waals surface area contributed by atoms with Crippen LogP contribution in [0.3, 0.4) is 0 Å². The van der Waals surface area contributed by atoms with Gasteiger partial charge in [-0.1, -0.05) is 46.9 Å². The number of carbonyl (C=O) groups is 3. The molecule has 0 aliphatic carbocycles. The van der Waals surface area contributed by atoms with Crippen molar-refractivity contribution in [3.63, 3.8) is 0 Å². The number of morpholine rings is 1. The molecule has 3 amide bonds. The number of hydrogen-bond donors (Lipinski definition) is 1. The van der Waals surface area contributed by atoms with Gasteiger partial charge in [-0.3, -0.25) is 23.7 Å². The molecule has 0 saturated carbocycles. The number of rotatable bonds is 5. The van der Waals surface area contributed by atoms with Crippen molar-refractivity contribution in [2.24, 2.45) is 5.92 Å². The van der Waals surface area contributed by atoms with E-state index in [9.17, 15) is 24.3 Å². The molecule has 2 aromatic carbocycles. The second kappa shape index (κ2) is 10.4. The van der Waals surface area contributed by atoms with Crippen molar-refractivity contribution in [2.45, 2.75) is 29.7 Å². The fraction of sp³-hybridized carbons (Fsp3) is 0.357. The second-order valence-corrected chi connectivity index (χ2v) is 12.1. The zero-order valence-electron chi connectivity index (χ0n) is 21.9. The van der Waals surface area contributed by atoms with E-state index >= 15 is 0 Å². The Labute approximate surface area is 238 Å². The van der Waals surface area contributed by atoms with Gasteiger partial charge in [0.2, 0.25) is 17.7 Å². The predicted octanol–water partition coefficient (Wildman–Crippen LogP) is 2.59. The maximum atomic E-state index is 14.0. The van der Waals surface area contributed by atoms with Gasteiger partial charge in [0, 0.05) is 23.9 Å². The molecule has 0 bridgehead atoms. The number of aromatic hydroxyl groups is 1. The van der Waals surface area contributed by atoms with E-state index in [1.165, 1.54) is 34.4 Å². The van der Waals surface area contributed by atoms with E-state index in [1.807, 2.05) is 19.1 Å². The number of thioether (sulfide) groups is 1. The van der Waals surface area contributed by atoms with Gasteiger partial charge in [0.05, 0.1) is 37.0 Å². The number of benzene rings is 2. The molecule has 208 valence electrons. The van der Waals surface area contributed by atoms with E-state index in [-0.39, 0.29) is 40.6 Å². The van der Waals surface area contributed by atoms with Crippen LogP contribution in [0.25, 0.3) is 0 Å². The molecule has 12 heteroatoms. The topological polar surface area (TPSA) is 118 Å². The van der Waals surface area contributed by atoms with Crippen LogP contribution in [0.5, 0.6) is 11.5 Å². The Morgan fingerprint density at radius 2 is 1.80 bits per heavy atom. The molecule has 4 heterocycles. The zero-order chi connectivity index (χ0) is 28.1. The van der Waals surface area contributed by atoms with Crippen LogP contribution < -0.4 is 14.5 Å². The van der Waals surface area contributed by atoms with Gasteiger partial charge >= 0.3 is 4.87 Å². The average molecular weight is 582 g/mol. The molecule has 3 aromatic rings. The summed E-state index contributed by atoms with van der Waals surface area (Å²) >= 11 is 2.16. The van der Waals surface area contributed by atoms with Gasteiger partial charge in [0.15, 0.2) is 11.5 Å². The van der Waals surface area contributed by atoms with Gasteiger partial charge < -0.3 is 19.5 Å². The predicted molar refractivity (Wildman–Crippen MR) is 149 cm³/mol. The first-order valence-corrected chi connectivity index (χ1v) is 14.5. The number of methoxy groups -OCH3 is 1. The van der Waals surface area contributed by atoms with Crippen LogP contribution in [0.2, 0.25) is 0 Å². The van der Waals surface area contributed by atoms with E-state index < -0.39 is 17.1 Å². The van der Waals surface area contributed by atoms with Crippen LogP contribution >= 0.6 is 23.1 Å². The maximum Gasteiger partial charge on any atom is 0.308 e. The van der Waals surface area contributed by atoms with Crippen molar-refractivity contribution in [1.29, 1.82) is 0 Å². The zero-order valence-corrected chi connectivity index (χ0v) is 23.5. The van der Waals surface area contributed by atoms with Crippen molar-refractivity contribution < 1.29 is 29.0 Å². The first-order chi connectivity index (χ1) is 19.3. The number of anilines is 1. The smallest absolute Gasteiger partial charge is 0.308 e. The van der Waals surface area contributed by atoms with E-state index in [0.717, 1.165) is 16.9 Å². The fourth-order valence-corrected chi connectivity index (χ4v) is 8.27. The lowest BCUT2D eigenvalue weighted by Crippen LogP contribution is -2.43. The highest BCUT2D eigenvalue weighted by atomic mass is 32.2. The first kappa shape index (κ1) is 26.6. The minimum absolute atomic E-state index is 0.0646. The summed E-state index contributed by atoms with van der Waals surface area (Å²) in [4.78, 5) is 57.4. The molecule has 1 N–H and O–H groups in total. The number of carbonyl (C=O) groups excluding carboxylic acids is 3. The largest absolute Gasteiger partial charge is 0.504 e. The Balaban J connectivity index is 1.46. The molecule has 0 radical (unpaired) electrons. The maximum absolute atomic E-state index is 14.0. The fourth-order valence-electron chi connectivity index (χ4n) is 5.50. The lowest BCUT2D eigenvalue weighted by Gasteiger charge is -2.31. The second-order valence-electron chi connectivity index (χ2n) is 9.94. The van der Waals surface area contributed by atoms with Crippen molar-refractivity contribution in [3.05, 3.63) is 68.1 Å². The molecular weight excluding hydrogens is 554 g/mol. The Bertz CT molecular complexity index is 1560. The molecule has 6 rings (SSSR count). The summed E-state index contributed by atoms with van der Waals surface area (Å²) in [5.41, 5.74) is 2.12. The molecule has 40 heavy (non-hydrogen) atoms. The molecule has 3 aliphatic rings. The summed E-state index contributed by atoms with van der Waals surface area (Å²) in [7, 11) is 1.43. The van der Waals surface area contributed by atoms with Crippen LogP contribution in [0, 0.1) is 12.8 Å². The minimum atomic E-state index is -0.801. The molecule has 0 spiro atoms. The standard InChI is InChI=1S/C28H27N3O7S2/c1-15-3-6-17(7-4-15)31-25(34)22-21(16-5-8-18(32)19(13-16)37-2)24-27(39-23(22)26(31)35)30(28(36)40-24)14-20(33)29-9-11-38-12-10-29/h3-8,13,21-23,32H,9-12,14H2,1-2H3/t21-,22?,23?/m0/s1. The minimum Gasteiger partial charge on any atom is -0.504 e. The Kier molecular flexibility index (Phi) is 6.93. The highest BCUT2D eigenvalue weighted by molar-refractivity contribution is 8.00. The van der Waals surface area contributed by atoms with Crippen LogP contribution in [-0.2, 0) is 25.7 Å². The van der Waals surface area contributed by atoms with Crippen molar-refractivity contribution in [3.8, 4) is 11.5 Å². The quantitative estimate of drug-likeness (QED) is 0.457. The van der Waals surface area contributed by atoms with Gasteiger partial charge in [-0.15, -0.1) is 0 Å². The number of amides is 3. The number of imide groups is 1. The molecule has 2 saturated heterocycles. The van der Waals surface area contributed by atoms with Crippen molar-refractivity contribution in [1.82, 2.24) is 9.47 Å². The number of hydrogen-bond acceptors (Lipinski definition) is 9. The molecule has 10 nitrogen and oxygen atoms in total. The van der Waals surface area contributed by atoms with Gasteiger partial charge in [-0.25, -0.2) is 4.90 Å². The monoisotopic (exact) mass is 581 g/mol. The third-order valence-electron chi connectivity index (χ3n) is 7.56.